The smallest absolute Gasteiger partial charge is 0.237 e. The second kappa shape index (κ2) is 7.22. The molecule has 0 aliphatic heterocycles. The third kappa shape index (κ3) is 4.56. The average Bonchev–Trinajstić information content (AvgIpc) is 2.46. The van der Waals surface area contributed by atoms with E-state index in [0.29, 0.717) is 12.4 Å². The third-order valence-electron chi connectivity index (χ3n) is 2.86. The van der Waals surface area contributed by atoms with Gasteiger partial charge in [-0.25, -0.2) is 4.98 Å². The van der Waals surface area contributed by atoms with E-state index in [-0.39, 0.29) is 6.10 Å². The van der Waals surface area contributed by atoms with Crippen molar-refractivity contribution in [1.82, 2.24) is 4.98 Å². The number of pyridine rings is 1. The highest BCUT2D eigenvalue weighted by Gasteiger charge is 2.06. The van der Waals surface area contributed by atoms with Crippen molar-refractivity contribution < 1.29 is 8.95 Å². The van der Waals surface area contributed by atoms with Crippen molar-refractivity contribution in [2.45, 2.75) is 31.4 Å². The van der Waals surface area contributed by atoms with Crippen LogP contribution in [0.1, 0.15) is 19.4 Å². The van der Waals surface area contributed by atoms with Gasteiger partial charge < -0.3 is 10.1 Å². The molecule has 0 radical (unpaired) electrons. The van der Waals surface area contributed by atoms with Crippen LogP contribution in [0.2, 0.25) is 0 Å². The maximum Gasteiger partial charge on any atom is 0.237 e. The summed E-state index contributed by atoms with van der Waals surface area (Å²) >= 11 is 0. The summed E-state index contributed by atoms with van der Waals surface area (Å²) in [6.45, 7) is 4.61. The molecule has 21 heavy (non-hydrogen) atoms. The molecule has 0 amide bonds. The zero-order valence-corrected chi connectivity index (χ0v) is 13.3. The molecule has 0 saturated heterocycles. The van der Waals surface area contributed by atoms with Crippen molar-refractivity contribution in [1.29, 1.82) is 0 Å². The Kier molecular flexibility index (Phi) is 5.33. The molecule has 1 aromatic carbocycles. The number of anilines is 1. The lowest BCUT2D eigenvalue weighted by atomic mass is 10.2. The number of aromatic nitrogens is 1. The molecular formula is C16H20N2O2S. The maximum atomic E-state index is 11.4. The number of nitrogens with zero attached hydrogens (tertiary/aromatic N) is 1. The van der Waals surface area contributed by atoms with E-state index in [1.165, 1.54) is 0 Å². The standard InChI is InChI=1S/C16H20N2O2S/c1-12(2)20-16-15(5-4-10-17-16)18-11-13-6-8-14(9-7-13)21(3)19/h4-10,12,18H,11H2,1-3H3. The van der Waals surface area contributed by atoms with Gasteiger partial charge in [0.15, 0.2) is 0 Å². The minimum absolute atomic E-state index is 0.0827. The SMILES string of the molecule is CC(C)Oc1ncccc1NCc1ccc(S(C)=O)cc1. The molecule has 0 aliphatic rings. The Hall–Kier alpha value is -1.88. The number of rotatable bonds is 6. The first-order valence-electron chi connectivity index (χ1n) is 6.84. The van der Waals surface area contributed by atoms with Gasteiger partial charge in [0.25, 0.3) is 0 Å². The molecule has 2 aromatic rings. The van der Waals surface area contributed by atoms with Gasteiger partial charge in [0.05, 0.1) is 11.8 Å². The normalized spacial score (nSPS) is 12.2. The highest BCUT2D eigenvalue weighted by Crippen LogP contribution is 2.22. The lowest BCUT2D eigenvalue weighted by Crippen LogP contribution is -2.10. The fraction of sp³-hybridized carbons (Fsp3) is 0.312. The Bertz CT molecular complexity index is 612. The van der Waals surface area contributed by atoms with E-state index in [4.69, 9.17) is 4.74 Å². The van der Waals surface area contributed by atoms with Gasteiger partial charge in [-0.15, -0.1) is 0 Å². The van der Waals surface area contributed by atoms with Gasteiger partial charge in [-0.3, -0.25) is 4.21 Å². The Labute approximate surface area is 128 Å². The van der Waals surface area contributed by atoms with Crippen LogP contribution in [0.15, 0.2) is 47.5 Å². The first-order chi connectivity index (χ1) is 10.1. The predicted octanol–water partition coefficient (Wildman–Crippen LogP) is 3.22. The summed E-state index contributed by atoms with van der Waals surface area (Å²) in [5.41, 5.74) is 1.98. The zero-order chi connectivity index (χ0) is 15.2. The van der Waals surface area contributed by atoms with Crippen molar-refractivity contribution in [3.05, 3.63) is 48.2 Å². The quantitative estimate of drug-likeness (QED) is 0.890. The minimum atomic E-state index is -0.938. The lowest BCUT2D eigenvalue weighted by molar-refractivity contribution is 0.234. The van der Waals surface area contributed by atoms with E-state index < -0.39 is 10.8 Å². The fourth-order valence-corrected chi connectivity index (χ4v) is 2.36. The van der Waals surface area contributed by atoms with E-state index in [0.717, 1.165) is 16.1 Å². The summed E-state index contributed by atoms with van der Waals surface area (Å²) in [5, 5.41) is 3.32. The van der Waals surface area contributed by atoms with Gasteiger partial charge in [0.1, 0.15) is 0 Å². The van der Waals surface area contributed by atoms with Gasteiger partial charge >= 0.3 is 0 Å². The average molecular weight is 304 g/mol. The molecule has 0 spiro atoms. The molecule has 1 unspecified atom stereocenters. The van der Waals surface area contributed by atoms with Crippen LogP contribution in [0.25, 0.3) is 0 Å². The molecular weight excluding hydrogens is 284 g/mol. The summed E-state index contributed by atoms with van der Waals surface area (Å²) in [6.07, 6.45) is 3.48. The minimum Gasteiger partial charge on any atom is -0.473 e. The van der Waals surface area contributed by atoms with Crippen molar-refractivity contribution in [2.24, 2.45) is 0 Å². The number of hydrogen-bond acceptors (Lipinski definition) is 4. The van der Waals surface area contributed by atoms with Gasteiger partial charge in [0, 0.05) is 34.7 Å². The second-order valence-electron chi connectivity index (χ2n) is 4.97. The van der Waals surface area contributed by atoms with Crippen LogP contribution >= 0.6 is 0 Å². The summed E-state index contributed by atoms with van der Waals surface area (Å²) in [6, 6.07) is 11.6. The van der Waals surface area contributed by atoms with Crippen LogP contribution in [-0.4, -0.2) is 21.6 Å². The topological polar surface area (TPSA) is 51.2 Å². The molecule has 112 valence electrons. The number of nitrogens with one attached hydrogen (secondary N) is 1. The van der Waals surface area contributed by atoms with E-state index >= 15 is 0 Å². The van der Waals surface area contributed by atoms with Gasteiger partial charge in [0.2, 0.25) is 5.88 Å². The molecule has 2 rings (SSSR count). The van der Waals surface area contributed by atoms with E-state index in [1.807, 2.05) is 50.2 Å². The van der Waals surface area contributed by atoms with E-state index in [9.17, 15) is 4.21 Å². The van der Waals surface area contributed by atoms with Crippen molar-refractivity contribution in [3.63, 3.8) is 0 Å². The lowest BCUT2D eigenvalue weighted by Gasteiger charge is -2.14. The highest BCUT2D eigenvalue weighted by atomic mass is 32.2. The molecule has 0 aliphatic carbocycles. The molecule has 1 heterocycles. The zero-order valence-electron chi connectivity index (χ0n) is 12.5. The molecule has 0 saturated carbocycles. The molecule has 4 nitrogen and oxygen atoms in total. The predicted molar refractivity (Wildman–Crippen MR) is 86.1 cm³/mol. The Balaban J connectivity index is 2.04. The summed E-state index contributed by atoms with van der Waals surface area (Å²) in [5.74, 6) is 0.610. The van der Waals surface area contributed by atoms with Crippen molar-refractivity contribution >= 4 is 16.5 Å². The Morgan fingerprint density at radius 3 is 2.57 bits per heavy atom. The number of ether oxygens (including phenoxy) is 1. The van der Waals surface area contributed by atoms with Crippen LogP contribution in [0.3, 0.4) is 0 Å². The fourth-order valence-electron chi connectivity index (χ4n) is 1.84. The van der Waals surface area contributed by atoms with Crippen molar-refractivity contribution in [3.8, 4) is 5.88 Å². The molecule has 1 aromatic heterocycles. The first kappa shape index (κ1) is 15.5. The highest BCUT2D eigenvalue weighted by molar-refractivity contribution is 7.84. The van der Waals surface area contributed by atoms with E-state index in [2.05, 4.69) is 10.3 Å². The molecule has 5 heteroatoms. The van der Waals surface area contributed by atoms with Crippen LogP contribution in [0, 0.1) is 0 Å². The monoisotopic (exact) mass is 304 g/mol. The van der Waals surface area contributed by atoms with Crippen LogP contribution in [-0.2, 0) is 17.3 Å². The van der Waals surface area contributed by atoms with Gasteiger partial charge in [-0.05, 0) is 43.7 Å². The largest absolute Gasteiger partial charge is 0.473 e. The van der Waals surface area contributed by atoms with Crippen LogP contribution < -0.4 is 10.1 Å². The second-order valence-corrected chi connectivity index (χ2v) is 6.35. The number of hydrogen-bond donors (Lipinski definition) is 1. The Morgan fingerprint density at radius 1 is 1.24 bits per heavy atom. The summed E-state index contributed by atoms with van der Waals surface area (Å²) < 4.78 is 17.0. The van der Waals surface area contributed by atoms with Crippen LogP contribution in [0.4, 0.5) is 5.69 Å². The third-order valence-corrected chi connectivity index (χ3v) is 3.79. The Morgan fingerprint density at radius 2 is 1.95 bits per heavy atom. The molecule has 1 N–H and O–H groups in total. The van der Waals surface area contributed by atoms with Crippen LogP contribution in [0.5, 0.6) is 5.88 Å². The molecule has 0 fully saturated rings. The van der Waals surface area contributed by atoms with Gasteiger partial charge in [-0.1, -0.05) is 12.1 Å². The van der Waals surface area contributed by atoms with Crippen molar-refractivity contribution in [2.75, 3.05) is 11.6 Å². The van der Waals surface area contributed by atoms with Gasteiger partial charge in [-0.2, -0.15) is 0 Å². The van der Waals surface area contributed by atoms with E-state index in [1.54, 1.807) is 12.5 Å². The number of benzene rings is 1. The summed E-state index contributed by atoms with van der Waals surface area (Å²) in [7, 11) is -0.938. The first-order valence-corrected chi connectivity index (χ1v) is 8.40. The molecule has 1 atom stereocenters. The summed E-state index contributed by atoms with van der Waals surface area (Å²) in [4.78, 5) is 5.08. The molecule has 0 bridgehead atoms. The maximum absolute atomic E-state index is 11.4.